The molecule has 0 saturated heterocycles. The van der Waals surface area contributed by atoms with E-state index >= 15 is 0 Å². The molecule has 0 aromatic heterocycles. The highest BCUT2D eigenvalue weighted by molar-refractivity contribution is 6.04. The summed E-state index contributed by atoms with van der Waals surface area (Å²) < 4.78 is 0. The minimum Gasteiger partial charge on any atom is -0.309 e. The summed E-state index contributed by atoms with van der Waals surface area (Å²) in [5, 5.41) is 2.81. The largest absolute Gasteiger partial charge is 0.309 e. The first kappa shape index (κ1) is 33.2. The molecule has 3 aliphatic rings. The Labute approximate surface area is 311 Å². The van der Waals surface area contributed by atoms with E-state index in [1.807, 2.05) is 0 Å². The van der Waals surface area contributed by atoms with Gasteiger partial charge < -0.3 is 4.90 Å². The summed E-state index contributed by atoms with van der Waals surface area (Å²) in [4.78, 5) is 2.57. The number of benzene rings is 6. The molecule has 6 aromatic carbocycles. The molecule has 52 heavy (non-hydrogen) atoms. The standard InChI is InChI=1S/C51H53N/c1-48(2,3)37-30-38(49(4,5)6)32-40(31-37)52(45-25-13-11-21-41(45)34-17-9-8-10-18-34)46-26-14-12-22-42(46)43-23-15-19-35-20-16-24-44(47(35)43)51-28-27-36-29-39(33-51)50(36,51)7/h8-26,30-32,36,39H,27-29,33H2,1-7H3. The molecule has 0 amide bonds. The smallest absolute Gasteiger partial charge is 0.0540 e. The number of para-hydroxylation sites is 2. The molecule has 0 spiro atoms. The van der Waals surface area contributed by atoms with Crippen LogP contribution in [0.3, 0.4) is 0 Å². The van der Waals surface area contributed by atoms with Gasteiger partial charge in [-0.3, -0.25) is 0 Å². The number of fused-ring (bicyclic) bond motifs is 1. The van der Waals surface area contributed by atoms with Gasteiger partial charge in [-0.25, -0.2) is 0 Å². The van der Waals surface area contributed by atoms with E-state index in [4.69, 9.17) is 0 Å². The maximum absolute atomic E-state index is 2.63. The maximum Gasteiger partial charge on any atom is 0.0540 e. The number of anilines is 3. The predicted molar refractivity (Wildman–Crippen MR) is 222 cm³/mol. The molecular formula is C51H53N. The molecule has 3 fully saturated rings. The highest BCUT2D eigenvalue weighted by Crippen LogP contribution is 2.81. The van der Waals surface area contributed by atoms with E-state index < -0.39 is 0 Å². The summed E-state index contributed by atoms with van der Waals surface area (Å²) in [6.45, 7) is 16.7. The minimum absolute atomic E-state index is 0.0125. The van der Waals surface area contributed by atoms with Gasteiger partial charge in [0.05, 0.1) is 11.4 Å². The van der Waals surface area contributed by atoms with Gasteiger partial charge in [-0.15, -0.1) is 0 Å². The Balaban J connectivity index is 1.33. The van der Waals surface area contributed by atoms with Gasteiger partial charge in [0.15, 0.2) is 0 Å². The third-order valence-corrected chi connectivity index (χ3v) is 13.8. The fourth-order valence-corrected chi connectivity index (χ4v) is 10.7. The third-order valence-electron chi connectivity index (χ3n) is 13.8. The van der Waals surface area contributed by atoms with Crippen LogP contribution in [0.2, 0.25) is 0 Å². The number of hydrogen-bond donors (Lipinski definition) is 0. The van der Waals surface area contributed by atoms with Crippen molar-refractivity contribution in [1.82, 2.24) is 0 Å². The normalized spacial score (nSPS) is 23.5. The van der Waals surface area contributed by atoms with Crippen LogP contribution in [-0.2, 0) is 16.2 Å². The van der Waals surface area contributed by atoms with Crippen molar-refractivity contribution in [2.24, 2.45) is 17.3 Å². The molecule has 1 nitrogen and oxygen atoms in total. The molecule has 3 aliphatic carbocycles. The lowest BCUT2D eigenvalue weighted by Gasteiger charge is -2.70. The van der Waals surface area contributed by atoms with Crippen LogP contribution in [0.25, 0.3) is 33.0 Å². The van der Waals surface area contributed by atoms with Gasteiger partial charge in [0, 0.05) is 22.2 Å². The predicted octanol–water partition coefficient (Wildman–Crippen LogP) is 14.3. The quantitative estimate of drug-likeness (QED) is 0.169. The number of nitrogens with zero attached hydrogens (tertiary/aromatic N) is 1. The highest BCUT2D eigenvalue weighted by Gasteiger charge is 2.75. The molecule has 0 aliphatic heterocycles. The molecule has 1 heteroatoms. The number of rotatable bonds is 6. The van der Waals surface area contributed by atoms with Gasteiger partial charge >= 0.3 is 0 Å². The van der Waals surface area contributed by atoms with Crippen LogP contribution >= 0.6 is 0 Å². The maximum atomic E-state index is 2.63. The second-order valence-corrected chi connectivity index (χ2v) is 18.5. The molecule has 9 rings (SSSR count). The van der Waals surface area contributed by atoms with Crippen molar-refractivity contribution in [2.75, 3.05) is 4.90 Å². The zero-order chi connectivity index (χ0) is 36.0. The monoisotopic (exact) mass is 679 g/mol. The van der Waals surface area contributed by atoms with Crippen molar-refractivity contribution < 1.29 is 0 Å². The lowest BCUT2D eigenvalue weighted by Crippen LogP contribution is -2.65. The van der Waals surface area contributed by atoms with Crippen molar-refractivity contribution in [3.63, 3.8) is 0 Å². The van der Waals surface area contributed by atoms with Crippen LogP contribution in [-0.4, -0.2) is 0 Å². The minimum atomic E-state index is -0.0125. The highest BCUT2D eigenvalue weighted by atomic mass is 15.1. The van der Waals surface area contributed by atoms with Crippen LogP contribution in [0.1, 0.15) is 90.8 Å². The zero-order valence-corrected chi connectivity index (χ0v) is 32.1. The Bertz CT molecular complexity index is 2280. The second kappa shape index (κ2) is 11.7. The molecule has 4 unspecified atom stereocenters. The van der Waals surface area contributed by atoms with Crippen LogP contribution in [0.5, 0.6) is 0 Å². The first-order chi connectivity index (χ1) is 24.9. The molecule has 6 aromatic rings. The zero-order valence-electron chi connectivity index (χ0n) is 32.1. The molecule has 0 heterocycles. The van der Waals surface area contributed by atoms with E-state index in [0.717, 1.165) is 11.8 Å². The fraction of sp³-hybridized carbons (Fsp3) is 0.333. The summed E-state index contributed by atoms with van der Waals surface area (Å²) in [6, 6.07) is 50.6. The molecule has 4 atom stereocenters. The Morgan fingerprint density at radius 3 is 1.81 bits per heavy atom. The van der Waals surface area contributed by atoms with Gasteiger partial charge in [-0.1, -0.05) is 158 Å². The van der Waals surface area contributed by atoms with Crippen molar-refractivity contribution in [1.29, 1.82) is 0 Å². The fourth-order valence-electron chi connectivity index (χ4n) is 10.7. The Morgan fingerprint density at radius 2 is 1.15 bits per heavy atom. The van der Waals surface area contributed by atoms with Crippen molar-refractivity contribution in [3.05, 3.63) is 150 Å². The number of hydrogen-bond acceptors (Lipinski definition) is 1. The van der Waals surface area contributed by atoms with E-state index in [0.29, 0.717) is 5.41 Å². The molecule has 262 valence electrons. The van der Waals surface area contributed by atoms with E-state index in [9.17, 15) is 0 Å². The van der Waals surface area contributed by atoms with Crippen LogP contribution < -0.4 is 4.90 Å². The average Bonchev–Trinajstić information content (AvgIpc) is 3.30. The summed E-state index contributed by atoms with van der Waals surface area (Å²) >= 11 is 0. The molecular weight excluding hydrogens is 627 g/mol. The lowest BCUT2D eigenvalue weighted by atomic mass is 9.34. The van der Waals surface area contributed by atoms with E-state index in [1.165, 1.54) is 86.9 Å². The summed E-state index contributed by atoms with van der Waals surface area (Å²) in [6.07, 6.45) is 5.50. The summed E-state index contributed by atoms with van der Waals surface area (Å²) in [7, 11) is 0. The topological polar surface area (TPSA) is 3.24 Å². The molecule has 3 saturated carbocycles. The Morgan fingerprint density at radius 1 is 0.577 bits per heavy atom. The first-order valence-corrected chi connectivity index (χ1v) is 19.6. The SMILES string of the molecule is CC(C)(C)c1cc(N(c2ccccc2-c2ccccc2)c2ccccc2-c2cccc3cccc(C45CCC6CC(C4)C65C)c23)cc(C(C)(C)C)c1. The molecule has 0 radical (unpaired) electrons. The Kier molecular flexibility index (Phi) is 7.47. The van der Waals surface area contributed by atoms with Crippen molar-refractivity contribution in [3.8, 4) is 22.3 Å². The lowest BCUT2D eigenvalue weighted by molar-refractivity contribution is -0.165. The van der Waals surface area contributed by atoms with E-state index in [-0.39, 0.29) is 16.2 Å². The summed E-state index contributed by atoms with van der Waals surface area (Å²) in [5.41, 5.74) is 13.7. The average molecular weight is 680 g/mol. The van der Waals surface area contributed by atoms with Crippen molar-refractivity contribution in [2.45, 2.75) is 90.4 Å². The van der Waals surface area contributed by atoms with Crippen LogP contribution in [0.15, 0.2) is 133 Å². The van der Waals surface area contributed by atoms with Gasteiger partial charge in [-0.05, 0) is 117 Å². The van der Waals surface area contributed by atoms with Crippen LogP contribution in [0.4, 0.5) is 17.1 Å². The van der Waals surface area contributed by atoms with Gasteiger partial charge in [0.2, 0.25) is 0 Å². The second-order valence-electron chi connectivity index (χ2n) is 18.5. The van der Waals surface area contributed by atoms with Gasteiger partial charge in [-0.2, -0.15) is 0 Å². The Hall–Kier alpha value is -4.62. The third kappa shape index (κ3) is 4.88. The van der Waals surface area contributed by atoms with Gasteiger partial charge in [0.25, 0.3) is 0 Å². The van der Waals surface area contributed by atoms with E-state index in [2.05, 4.69) is 187 Å². The van der Waals surface area contributed by atoms with Crippen LogP contribution in [0, 0.1) is 17.3 Å². The first-order valence-electron chi connectivity index (χ1n) is 19.6. The molecule has 0 bridgehead atoms. The molecule has 0 N–H and O–H groups in total. The van der Waals surface area contributed by atoms with Crippen molar-refractivity contribution >= 4 is 27.8 Å². The summed E-state index contributed by atoms with van der Waals surface area (Å²) in [5.74, 6) is 1.78. The van der Waals surface area contributed by atoms with E-state index in [1.54, 1.807) is 5.56 Å². The van der Waals surface area contributed by atoms with Gasteiger partial charge in [0.1, 0.15) is 0 Å².